The van der Waals surface area contributed by atoms with Gasteiger partial charge in [-0.25, -0.2) is 0 Å². The highest BCUT2D eigenvalue weighted by Gasteiger charge is 2.44. The van der Waals surface area contributed by atoms with Gasteiger partial charge in [-0.1, -0.05) is 30.3 Å². The molecule has 0 bridgehead atoms. The van der Waals surface area contributed by atoms with Crippen molar-refractivity contribution in [2.45, 2.75) is 18.9 Å². The van der Waals surface area contributed by atoms with E-state index in [1.165, 1.54) is 6.07 Å². The number of piperidine rings is 1. The Balaban J connectivity index is 0.891. The van der Waals surface area contributed by atoms with Crippen molar-refractivity contribution in [3.05, 3.63) is 87.9 Å². The average molecular weight is 615 g/mol. The van der Waals surface area contributed by atoms with Gasteiger partial charge in [0.15, 0.2) is 17.3 Å². The number of imide groups is 1. The van der Waals surface area contributed by atoms with Crippen LogP contribution in [0.5, 0.6) is 0 Å². The number of nitrogens with zero attached hydrogens (tertiary/aromatic N) is 1. The fourth-order valence-electron chi connectivity index (χ4n) is 5.63. The quantitative estimate of drug-likeness (QED) is 0.158. The van der Waals surface area contributed by atoms with Crippen LogP contribution in [0.3, 0.4) is 0 Å². The zero-order valence-corrected chi connectivity index (χ0v) is 24.2. The lowest BCUT2D eigenvalue weighted by Gasteiger charge is -2.28. The van der Waals surface area contributed by atoms with Gasteiger partial charge in [0.25, 0.3) is 17.7 Å². The first-order chi connectivity index (χ1) is 21.9. The van der Waals surface area contributed by atoms with Gasteiger partial charge < -0.3 is 29.8 Å². The third kappa shape index (κ3) is 5.75. The molecule has 4 amide bonds. The van der Waals surface area contributed by atoms with E-state index in [9.17, 15) is 28.8 Å². The number of fused-ring (bicyclic) bond motifs is 3. The molecule has 3 heterocycles. The number of hydrogen-bond donors (Lipinski definition) is 3. The molecule has 3 aromatic rings. The number of anilines is 1. The number of carbonyl (C=O) groups excluding carboxylic acids is 6. The second-order valence-electron chi connectivity index (χ2n) is 10.6. The van der Waals surface area contributed by atoms with Crippen LogP contribution in [0.15, 0.2) is 52.9 Å². The van der Waals surface area contributed by atoms with E-state index < -0.39 is 29.5 Å². The van der Waals surface area contributed by atoms with Gasteiger partial charge in [0.05, 0.1) is 43.1 Å². The molecule has 3 N–H and O–H groups in total. The summed E-state index contributed by atoms with van der Waals surface area (Å²) >= 11 is 0. The van der Waals surface area contributed by atoms with Crippen LogP contribution in [-0.2, 0) is 14.3 Å². The van der Waals surface area contributed by atoms with E-state index >= 15 is 0 Å². The maximum atomic E-state index is 13.1. The third-order valence-electron chi connectivity index (χ3n) is 7.80. The van der Waals surface area contributed by atoms with E-state index in [1.54, 1.807) is 42.5 Å². The molecule has 0 spiro atoms. The predicted molar refractivity (Wildman–Crippen MR) is 157 cm³/mol. The molecule has 3 aliphatic rings. The predicted octanol–water partition coefficient (Wildman–Crippen LogP) is 1.80. The van der Waals surface area contributed by atoms with Crippen molar-refractivity contribution >= 4 is 40.9 Å². The van der Waals surface area contributed by atoms with Crippen LogP contribution in [0.2, 0.25) is 0 Å². The summed E-state index contributed by atoms with van der Waals surface area (Å²) in [6.07, 6.45) is 1.13. The Bertz CT molecular complexity index is 1660. The molecular formula is C32H30N4O9. The smallest absolute Gasteiger partial charge is 0.287 e. The minimum atomic E-state index is -0.805. The second-order valence-corrected chi connectivity index (χ2v) is 10.6. The average Bonchev–Trinajstić information content (AvgIpc) is 3.61. The van der Waals surface area contributed by atoms with E-state index in [1.807, 2.05) is 0 Å². The zero-order chi connectivity index (χ0) is 31.5. The number of rotatable bonds is 12. The maximum Gasteiger partial charge on any atom is 0.287 e. The summed E-state index contributed by atoms with van der Waals surface area (Å²) in [5, 5.41) is 8.48. The Morgan fingerprint density at radius 2 is 1.56 bits per heavy atom. The van der Waals surface area contributed by atoms with Crippen molar-refractivity contribution in [3.63, 3.8) is 0 Å². The van der Waals surface area contributed by atoms with Gasteiger partial charge in [-0.05, 0) is 25.0 Å². The van der Waals surface area contributed by atoms with E-state index in [4.69, 9.17) is 13.9 Å². The van der Waals surface area contributed by atoms with E-state index in [2.05, 4.69) is 16.0 Å². The molecule has 1 unspecified atom stereocenters. The third-order valence-corrected chi connectivity index (χ3v) is 7.80. The number of furan rings is 1. The molecule has 1 aliphatic carbocycles. The highest BCUT2D eigenvalue weighted by Crippen LogP contribution is 2.32. The lowest BCUT2D eigenvalue weighted by molar-refractivity contribution is -0.126. The van der Waals surface area contributed by atoms with Crippen molar-refractivity contribution in [2.24, 2.45) is 0 Å². The van der Waals surface area contributed by atoms with Crippen LogP contribution in [0.1, 0.15) is 76.2 Å². The monoisotopic (exact) mass is 614 g/mol. The van der Waals surface area contributed by atoms with Crippen molar-refractivity contribution in [3.8, 4) is 0 Å². The summed E-state index contributed by atoms with van der Waals surface area (Å²) in [5.41, 5.74) is 1.61. The lowest BCUT2D eigenvalue weighted by Crippen LogP contribution is -2.52. The number of amides is 4. The van der Waals surface area contributed by atoms with Gasteiger partial charge in [0.2, 0.25) is 11.7 Å². The summed E-state index contributed by atoms with van der Waals surface area (Å²) in [6.45, 7) is 2.09. The van der Waals surface area contributed by atoms with Gasteiger partial charge in [-0.15, -0.1) is 0 Å². The Labute approximate surface area is 257 Å². The Kier molecular flexibility index (Phi) is 8.54. The van der Waals surface area contributed by atoms with Crippen molar-refractivity contribution in [1.82, 2.24) is 15.5 Å². The SMILES string of the molecule is O=C(NCCOCCOCCNc1cccc2c1C(=O)N(C1CCCNC1=O)C2=O)c1cc2c(o1)C(=O)c1ccccc1C2=O. The molecule has 1 aromatic heterocycles. The molecule has 2 aromatic carbocycles. The molecule has 13 nitrogen and oxygen atoms in total. The molecular weight excluding hydrogens is 584 g/mol. The van der Waals surface area contributed by atoms with Crippen molar-refractivity contribution in [2.75, 3.05) is 51.4 Å². The highest BCUT2D eigenvalue weighted by molar-refractivity contribution is 6.28. The molecule has 1 saturated heterocycles. The van der Waals surface area contributed by atoms with Crippen LogP contribution in [-0.4, -0.2) is 92.2 Å². The van der Waals surface area contributed by atoms with Crippen LogP contribution >= 0.6 is 0 Å². The van der Waals surface area contributed by atoms with E-state index in [0.717, 1.165) is 4.90 Å². The van der Waals surface area contributed by atoms with E-state index in [-0.39, 0.29) is 77.4 Å². The first-order valence-corrected chi connectivity index (χ1v) is 14.6. The number of carbonyl (C=O) groups is 6. The normalized spacial score (nSPS) is 17.1. The summed E-state index contributed by atoms with van der Waals surface area (Å²) < 4.78 is 16.5. The highest BCUT2D eigenvalue weighted by atomic mass is 16.5. The molecule has 0 saturated carbocycles. The van der Waals surface area contributed by atoms with Gasteiger partial charge in [-0.2, -0.15) is 0 Å². The summed E-state index contributed by atoms with van der Waals surface area (Å²) in [5.74, 6) is -2.92. The number of benzene rings is 2. The van der Waals surface area contributed by atoms with Gasteiger partial charge in [0.1, 0.15) is 6.04 Å². The molecule has 6 rings (SSSR count). The van der Waals surface area contributed by atoms with Gasteiger partial charge in [0, 0.05) is 42.5 Å². The number of hydrogen-bond acceptors (Lipinski definition) is 10. The molecule has 232 valence electrons. The minimum Gasteiger partial charge on any atom is -0.447 e. The summed E-state index contributed by atoms with van der Waals surface area (Å²) in [4.78, 5) is 77.4. The first-order valence-electron chi connectivity index (χ1n) is 14.6. The Morgan fingerprint density at radius 1 is 0.844 bits per heavy atom. The zero-order valence-electron chi connectivity index (χ0n) is 24.2. The topological polar surface area (TPSA) is 173 Å². The second kappa shape index (κ2) is 12.8. The fourth-order valence-corrected chi connectivity index (χ4v) is 5.63. The fraction of sp³-hybridized carbons (Fsp3) is 0.312. The molecule has 45 heavy (non-hydrogen) atoms. The molecule has 1 atom stereocenters. The first kappa shape index (κ1) is 29.9. The van der Waals surface area contributed by atoms with Crippen molar-refractivity contribution in [1.29, 1.82) is 0 Å². The maximum absolute atomic E-state index is 13.1. The van der Waals surface area contributed by atoms with Crippen LogP contribution in [0.4, 0.5) is 5.69 Å². The van der Waals surface area contributed by atoms with Gasteiger partial charge >= 0.3 is 0 Å². The number of ether oxygens (including phenoxy) is 2. The van der Waals surface area contributed by atoms with E-state index in [0.29, 0.717) is 38.2 Å². The molecule has 13 heteroatoms. The van der Waals surface area contributed by atoms with Crippen molar-refractivity contribution < 1.29 is 42.7 Å². The minimum absolute atomic E-state index is 0.0685. The van der Waals surface area contributed by atoms with Crippen LogP contribution in [0, 0.1) is 0 Å². The van der Waals surface area contributed by atoms with Gasteiger partial charge in [-0.3, -0.25) is 33.7 Å². The Hall–Kier alpha value is -5.14. The summed E-state index contributed by atoms with van der Waals surface area (Å²) in [7, 11) is 0. The molecule has 2 aliphatic heterocycles. The largest absolute Gasteiger partial charge is 0.447 e. The number of nitrogens with one attached hydrogen (secondary N) is 3. The summed E-state index contributed by atoms with van der Waals surface area (Å²) in [6, 6.07) is 11.9. The molecule has 1 fully saturated rings. The van der Waals surface area contributed by atoms with Crippen LogP contribution in [0.25, 0.3) is 0 Å². The standard InChI is InChI=1S/C32H30N4O9/c37-26-18-5-1-2-6-19(18)27(38)28-21(26)17-24(45-28)30(40)35-12-14-44-16-15-43-13-11-33-22-8-3-7-20-25(22)32(42)36(31(20)41)23-9-4-10-34-29(23)39/h1-3,5-8,17,23,33H,4,9-16H2,(H,34,39)(H,35,40). The molecule has 0 radical (unpaired) electrons. The number of ketones is 2. The Morgan fingerprint density at radius 3 is 2.31 bits per heavy atom. The lowest BCUT2D eigenvalue weighted by atomic mass is 9.89. The van der Waals surface area contributed by atoms with Crippen LogP contribution < -0.4 is 16.0 Å².